The van der Waals surface area contributed by atoms with E-state index in [0.717, 1.165) is 16.6 Å². The second kappa shape index (κ2) is 8.05. The number of thioether (sulfide) groups is 1. The summed E-state index contributed by atoms with van der Waals surface area (Å²) in [5, 5.41) is 12.5. The molecule has 112 valence electrons. The van der Waals surface area contributed by atoms with Crippen molar-refractivity contribution in [3.63, 3.8) is 0 Å². The summed E-state index contributed by atoms with van der Waals surface area (Å²) in [5.74, 6) is 0.128. The van der Waals surface area contributed by atoms with Gasteiger partial charge in [-0.15, -0.1) is 11.8 Å². The second-order valence-electron chi connectivity index (χ2n) is 5.32. The SMILES string of the molecule is CC(C)NC(C)(CCCSc1ccccc1Br)C(=O)O. The lowest BCUT2D eigenvalue weighted by Gasteiger charge is -2.28. The van der Waals surface area contributed by atoms with Gasteiger partial charge in [-0.25, -0.2) is 0 Å². The average Bonchev–Trinajstić information content (AvgIpc) is 2.35. The van der Waals surface area contributed by atoms with Crippen molar-refractivity contribution < 1.29 is 9.90 Å². The van der Waals surface area contributed by atoms with Crippen LogP contribution in [0, 0.1) is 0 Å². The highest BCUT2D eigenvalue weighted by Crippen LogP contribution is 2.28. The summed E-state index contributed by atoms with van der Waals surface area (Å²) in [4.78, 5) is 12.6. The van der Waals surface area contributed by atoms with E-state index < -0.39 is 11.5 Å². The standard InChI is InChI=1S/C15H22BrNO2S/c1-11(2)17-15(3,14(18)19)9-6-10-20-13-8-5-4-7-12(13)16/h4-5,7-8,11,17H,6,9-10H2,1-3H3,(H,18,19). The van der Waals surface area contributed by atoms with Crippen molar-refractivity contribution in [2.45, 2.75) is 50.1 Å². The van der Waals surface area contributed by atoms with Crippen molar-refractivity contribution in [1.82, 2.24) is 5.32 Å². The molecule has 5 heteroatoms. The zero-order chi connectivity index (χ0) is 15.2. The first-order valence-corrected chi connectivity index (χ1v) is 8.51. The third-order valence-corrected chi connectivity index (χ3v) is 5.11. The molecule has 1 unspecified atom stereocenters. The molecule has 0 radical (unpaired) electrons. The van der Waals surface area contributed by atoms with Gasteiger partial charge in [0.15, 0.2) is 0 Å². The van der Waals surface area contributed by atoms with Gasteiger partial charge < -0.3 is 5.11 Å². The van der Waals surface area contributed by atoms with E-state index in [1.807, 2.05) is 32.0 Å². The summed E-state index contributed by atoms with van der Waals surface area (Å²) in [6.45, 7) is 5.70. The third-order valence-electron chi connectivity index (χ3n) is 2.99. The smallest absolute Gasteiger partial charge is 0.323 e. The van der Waals surface area contributed by atoms with Gasteiger partial charge in [0, 0.05) is 15.4 Å². The fourth-order valence-electron chi connectivity index (χ4n) is 2.05. The van der Waals surface area contributed by atoms with Crippen molar-refractivity contribution in [1.29, 1.82) is 0 Å². The van der Waals surface area contributed by atoms with Crippen LogP contribution >= 0.6 is 27.7 Å². The first kappa shape index (κ1) is 17.5. The monoisotopic (exact) mass is 359 g/mol. The summed E-state index contributed by atoms with van der Waals surface area (Å²) in [5.41, 5.74) is -0.845. The minimum absolute atomic E-state index is 0.159. The van der Waals surface area contributed by atoms with Crippen LogP contribution in [0.15, 0.2) is 33.6 Å². The van der Waals surface area contributed by atoms with Crippen molar-refractivity contribution >= 4 is 33.7 Å². The van der Waals surface area contributed by atoms with Crippen LogP contribution in [0.1, 0.15) is 33.6 Å². The Hall–Kier alpha value is -0.520. The number of nitrogens with one attached hydrogen (secondary N) is 1. The number of hydrogen-bond donors (Lipinski definition) is 2. The summed E-state index contributed by atoms with van der Waals surface area (Å²) in [6.07, 6.45) is 1.48. The number of rotatable bonds is 8. The van der Waals surface area contributed by atoms with Gasteiger partial charge in [-0.1, -0.05) is 12.1 Å². The molecular formula is C15H22BrNO2S. The highest BCUT2D eigenvalue weighted by Gasteiger charge is 2.32. The number of aliphatic carboxylic acids is 1. The topological polar surface area (TPSA) is 49.3 Å². The highest BCUT2D eigenvalue weighted by atomic mass is 79.9. The van der Waals surface area contributed by atoms with Crippen LogP contribution in [0.3, 0.4) is 0 Å². The molecule has 2 N–H and O–H groups in total. The quantitative estimate of drug-likeness (QED) is 0.540. The molecule has 0 amide bonds. The maximum atomic E-state index is 11.4. The number of benzene rings is 1. The van der Waals surface area contributed by atoms with E-state index in [-0.39, 0.29) is 6.04 Å². The molecule has 1 rings (SSSR count). The molecule has 1 aromatic rings. The predicted octanol–water partition coefficient (Wildman–Crippen LogP) is 4.16. The van der Waals surface area contributed by atoms with Gasteiger partial charge in [-0.2, -0.15) is 0 Å². The number of carboxylic acids is 1. The van der Waals surface area contributed by atoms with Gasteiger partial charge in [0.05, 0.1) is 0 Å². The number of carbonyl (C=O) groups is 1. The first-order chi connectivity index (χ1) is 9.35. The molecule has 0 aliphatic heterocycles. The van der Waals surface area contributed by atoms with E-state index in [4.69, 9.17) is 0 Å². The van der Waals surface area contributed by atoms with Crippen molar-refractivity contribution in [2.24, 2.45) is 0 Å². The Kier molecular flexibility index (Phi) is 7.06. The van der Waals surface area contributed by atoms with E-state index in [9.17, 15) is 9.90 Å². The van der Waals surface area contributed by atoms with E-state index in [1.165, 1.54) is 4.90 Å². The van der Waals surface area contributed by atoms with Gasteiger partial charge in [-0.05, 0) is 67.4 Å². The predicted molar refractivity (Wildman–Crippen MR) is 88.4 cm³/mol. The Morgan fingerprint density at radius 3 is 2.65 bits per heavy atom. The van der Waals surface area contributed by atoms with Gasteiger partial charge in [0.2, 0.25) is 0 Å². The molecule has 0 saturated carbocycles. The molecule has 0 saturated heterocycles. The lowest BCUT2D eigenvalue weighted by atomic mass is 9.95. The average molecular weight is 360 g/mol. The number of halogens is 1. The molecule has 0 aromatic heterocycles. The Labute approximate surface area is 133 Å². The molecule has 1 aromatic carbocycles. The Morgan fingerprint density at radius 2 is 2.10 bits per heavy atom. The Bertz CT molecular complexity index is 453. The third kappa shape index (κ3) is 5.46. The lowest BCUT2D eigenvalue weighted by molar-refractivity contribution is -0.144. The zero-order valence-electron chi connectivity index (χ0n) is 12.1. The molecule has 0 aliphatic carbocycles. The van der Waals surface area contributed by atoms with Crippen LogP contribution in [0.25, 0.3) is 0 Å². The van der Waals surface area contributed by atoms with Crippen molar-refractivity contribution in [3.8, 4) is 0 Å². The van der Waals surface area contributed by atoms with Crippen molar-refractivity contribution in [2.75, 3.05) is 5.75 Å². The van der Waals surface area contributed by atoms with E-state index in [0.29, 0.717) is 6.42 Å². The van der Waals surface area contributed by atoms with Crippen LogP contribution in [-0.4, -0.2) is 28.4 Å². The van der Waals surface area contributed by atoms with Gasteiger partial charge >= 0.3 is 5.97 Å². The summed E-state index contributed by atoms with van der Waals surface area (Å²) >= 11 is 5.27. The summed E-state index contributed by atoms with van der Waals surface area (Å²) < 4.78 is 1.09. The molecule has 0 aliphatic rings. The molecule has 0 spiro atoms. The second-order valence-corrected chi connectivity index (χ2v) is 7.31. The van der Waals surface area contributed by atoms with Crippen LogP contribution in [-0.2, 0) is 4.79 Å². The molecule has 3 nitrogen and oxygen atoms in total. The summed E-state index contributed by atoms with van der Waals surface area (Å²) in [6, 6.07) is 8.24. The maximum absolute atomic E-state index is 11.4. The van der Waals surface area contributed by atoms with Gasteiger partial charge in [0.1, 0.15) is 5.54 Å². The normalized spacial score (nSPS) is 14.2. The maximum Gasteiger partial charge on any atom is 0.323 e. The van der Waals surface area contributed by atoms with Gasteiger partial charge in [-0.3, -0.25) is 10.1 Å². The van der Waals surface area contributed by atoms with E-state index in [2.05, 4.69) is 27.3 Å². The molecule has 0 fully saturated rings. The largest absolute Gasteiger partial charge is 0.480 e. The molecule has 0 bridgehead atoms. The van der Waals surface area contributed by atoms with Gasteiger partial charge in [0.25, 0.3) is 0 Å². The van der Waals surface area contributed by atoms with Crippen LogP contribution in [0.4, 0.5) is 0 Å². The molecule has 1 atom stereocenters. The zero-order valence-corrected chi connectivity index (χ0v) is 14.6. The molecule has 0 heterocycles. The van der Waals surface area contributed by atoms with E-state index in [1.54, 1.807) is 18.7 Å². The summed E-state index contributed by atoms with van der Waals surface area (Å²) in [7, 11) is 0. The molecule has 20 heavy (non-hydrogen) atoms. The fourth-order valence-corrected chi connectivity index (χ4v) is 3.57. The Morgan fingerprint density at radius 1 is 1.45 bits per heavy atom. The highest BCUT2D eigenvalue weighted by molar-refractivity contribution is 9.10. The minimum atomic E-state index is -0.845. The minimum Gasteiger partial charge on any atom is -0.480 e. The fraction of sp³-hybridized carbons (Fsp3) is 0.533. The Balaban J connectivity index is 2.46. The van der Waals surface area contributed by atoms with Crippen LogP contribution < -0.4 is 5.32 Å². The first-order valence-electron chi connectivity index (χ1n) is 6.73. The number of hydrogen-bond acceptors (Lipinski definition) is 3. The van der Waals surface area contributed by atoms with Crippen LogP contribution in [0.2, 0.25) is 0 Å². The van der Waals surface area contributed by atoms with Crippen molar-refractivity contribution in [3.05, 3.63) is 28.7 Å². The number of carboxylic acid groups (broad SMARTS) is 1. The molecular weight excluding hydrogens is 338 g/mol. The van der Waals surface area contributed by atoms with E-state index >= 15 is 0 Å². The lowest BCUT2D eigenvalue weighted by Crippen LogP contribution is -2.52. The van der Waals surface area contributed by atoms with Crippen LogP contribution in [0.5, 0.6) is 0 Å².